The molecule has 2 aliphatic heterocycles. The average molecular weight is 434 g/mol. The summed E-state index contributed by atoms with van der Waals surface area (Å²) < 4.78 is 11.8. The van der Waals surface area contributed by atoms with E-state index in [9.17, 15) is 15.0 Å². The van der Waals surface area contributed by atoms with Gasteiger partial charge in [0.25, 0.3) is 0 Å². The monoisotopic (exact) mass is 434 g/mol. The summed E-state index contributed by atoms with van der Waals surface area (Å²) in [5.41, 5.74) is 1.28. The first kappa shape index (κ1) is 21.4. The van der Waals surface area contributed by atoms with Crippen molar-refractivity contribution in [3.05, 3.63) is 82.9 Å². The molecule has 3 aromatic rings. The minimum atomic E-state index is -1.17. The molecule has 0 bridgehead atoms. The van der Waals surface area contributed by atoms with Gasteiger partial charge in [-0.25, -0.2) is 20.4 Å². The fourth-order valence-corrected chi connectivity index (χ4v) is 3.65. The van der Waals surface area contributed by atoms with Crippen molar-refractivity contribution in [3.63, 3.8) is 0 Å². The van der Waals surface area contributed by atoms with E-state index in [1.54, 1.807) is 29.4 Å². The SMILES string of the molecule is N=C=O.N=C=S.O=C1OC2(c3ccc(O)cc3Oc3cc(O)ccc32)c2ccccc21. The summed E-state index contributed by atoms with van der Waals surface area (Å²) in [7, 11) is 0. The maximum absolute atomic E-state index is 12.5. The summed E-state index contributed by atoms with van der Waals surface area (Å²) >= 11 is 3.81. The van der Waals surface area contributed by atoms with Crippen LogP contribution in [0, 0.1) is 10.8 Å². The summed E-state index contributed by atoms with van der Waals surface area (Å²) in [5.74, 6) is 0.408. The Morgan fingerprint density at radius 1 is 0.871 bits per heavy atom. The minimum absolute atomic E-state index is 0.0371. The zero-order valence-corrected chi connectivity index (χ0v) is 16.5. The zero-order chi connectivity index (χ0) is 22.6. The van der Waals surface area contributed by atoms with Crippen LogP contribution >= 0.6 is 12.2 Å². The van der Waals surface area contributed by atoms with Gasteiger partial charge in [-0.15, -0.1) is 0 Å². The number of nitrogens with one attached hydrogen (secondary N) is 2. The highest BCUT2D eigenvalue weighted by molar-refractivity contribution is 7.78. The van der Waals surface area contributed by atoms with Gasteiger partial charge in [-0.05, 0) is 42.5 Å². The molecule has 31 heavy (non-hydrogen) atoms. The lowest BCUT2D eigenvalue weighted by molar-refractivity contribution is 0.0224. The number of carbonyl (C=O) groups excluding carboxylic acids is 2. The van der Waals surface area contributed by atoms with Crippen molar-refractivity contribution in [2.45, 2.75) is 5.60 Å². The van der Waals surface area contributed by atoms with Gasteiger partial charge in [-0.1, -0.05) is 18.2 Å². The lowest BCUT2D eigenvalue weighted by Gasteiger charge is -2.36. The molecule has 0 aliphatic carbocycles. The first-order valence-corrected chi connectivity index (χ1v) is 9.09. The molecule has 0 atom stereocenters. The number of ether oxygens (including phenoxy) is 2. The molecule has 0 saturated carbocycles. The van der Waals surface area contributed by atoms with E-state index in [0.717, 1.165) is 6.08 Å². The van der Waals surface area contributed by atoms with Crippen LogP contribution in [-0.4, -0.2) is 27.4 Å². The van der Waals surface area contributed by atoms with Gasteiger partial charge in [0.05, 0.1) is 10.7 Å². The Kier molecular flexibility index (Phi) is 5.95. The van der Waals surface area contributed by atoms with Crippen LogP contribution < -0.4 is 4.74 Å². The van der Waals surface area contributed by atoms with Gasteiger partial charge in [0.15, 0.2) is 5.60 Å². The summed E-state index contributed by atoms with van der Waals surface area (Å²) in [6, 6.07) is 16.6. The summed E-state index contributed by atoms with van der Waals surface area (Å²) in [6.07, 6.45) is 0.750. The number of carbonyl (C=O) groups is 1. The number of rotatable bonds is 0. The van der Waals surface area contributed by atoms with Crippen LogP contribution in [0.2, 0.25) is 0 Å². The minimum Gasteiger partial charge on any atom is -0.508 e. The van der Waals surface area contributed by atoms with E-state index >= 15 is 0 Å². The van der Waals surface area contributed by atoms with Crippen molar-refractivity contribution in [1.29, 1.82) is 10.8 Å². The Bertz CT molecular complexity index is 1180. The van der Waals surface area contributed by atoms with Crippen LogP contribution in [0.4, 0.5) is 0 Å². The van der Waals surface area contributed by atoms with Crippen LogP contribution in [0.1, 0.15) is 27.0 Å². The van der Waals surface area contributed by atoms with Crippen LogP contribution in [0.5, 0.6) is 23.0 Å². The van der Waals surface area contributed by atoms with Crippen molar-refractivity contribution < 1.29 is 29.3 Å². The highest BCUT2D eigenvalue weighted by Crippen LogP contribution is 2.56. The van der Waals surface area contributed by atoms with Crippen molar-refractivity contribution in [1.82, 2.24) is 0 Å². The zero-order valence-electron chi connectivity index (χ0n) is 15.7. The maximum Gasteiger partial charge on any atom is 0.340 e. The molecule has 5 rings (SSSR count). The van der Waals surface area contributed by atoms with Crippen molar-refractivity contribution in [3.8, 4) is 23.0 Å². The van der Waals surface area contributed by atoms with E-state index in [2.05, 4.69) is 12.2 Å². The number of phenols is 2. The van der Waals surface area contributed by atoms with Crippen LogP contribution in [0.25, 0.3) is 0 Å². The second-order valence-electron chi connectivity index (χ2n) is 6.28. The molecule has 0 unspecified atom stereocenters. The molecule has 0 amide bonds. The number of aromatic hydroxyl groups is 2. The van der Waals surface area contributed by atoms with E-state index in [4.69, 9.17) is 25.1 Å². The van der Waals surface area contributed by atoms with E-state index in [1.165, 1.54) is 24.3 Å². The molecule has 8 nitrogen and oxygen atoms in total. The van der Waals surface area contributed by atoms with Crippen molar-refractivity contribution in [2.24, 2.45) is 0 Å². The standard InChI is InChI=1S/C20H12O5.CHNO.CHNS/c21-11-5-7-15-17(9-11)24-18-10-12(22)6-8-16(18)20(15)14-4-2-1-3-13(14)19(23)25-20;2*2-1-3/h1-10,21-22H;2*2H. The fourth-order valence-electron chi connectivity index (χ4n) is 3.65. The van der Waals surface area contributed by atoms with E-state index in [0.29, 0.717) is 33.8 Å². The Morgan fingerprint density at radius 2 is 1.35 bits per heavy atom. The second-order valence-corrected chi connectivity index (χ2v) is 6.49. The predicted molar refractivity (Wildman–Crippen MR) is 112 cm³/mol. The predicted octanol–water partition coefficient (Wildman–Crippen LogP) is 4.23. The Morgan fingerprint density at radius 3 is 1.87 bits per heavy atom. The highest BCUT2D eigenvalue weighted by Gasteiger charge is 2.53. The molecule has 9 heteroatoms. The number of thiocarbonyl (C=S) groups is 1. The molecule has 3 aromatic carbocycles. The lowest BCUT2D eigenvalue weighted by atomic mass is 9.77. The van der Waals surface area contributed by atoms with Gasteiger partial charge < -0.3 is 19.7 Å². The first-order valence-electron chi connectivity index (χ1n) is 8.68. The molecule has 1 spiro atoms. The molecule has 0 aromatic heterocycles. The molecule has 0 saturated heterocycles. The number of isothiocyanates is 1. The molecular weight excluding hydrogens is 420 g/mol. The Labute approximate surface area is 181 Å². The number of esters is 1. The Hall–Kier alpha value is -4.29. The fraction of sp³-hybridized carbons (Fsp3) is 0.0455. The molecule has 2 heterocycles. The number of isocyanates is 1. The number of fused-ring (bicyclic) bond motifs is 6. The number of benzene rings is 3. The van der Waals surface area contributed by atoms with Crippen LogP contribution in [-0.2, 0) is 15.1 Å². The summed E-state index contributed by atoms with van der Waals surface area (Å²) in [5, 5.41) is 32.4. The molecular formula is C22H14N2O6S. The molecule has 0 radical (unpaired) electrons. The van der Waals surface area contributed by atoms with E-state index in [1.807, 2.05) is 12.1 Å². The highest BCUT2D eigenvalue weighted by atomic mass is 32.1. The number of hydrogen-bond acceptors (Lipinski definition) is 9. The Balaban J connectivity index is 0.000000411. The molecule has 154 valence electrons. The van der Waals surface area contributed by atoms with Gasteiger partial charge in [0, 0.05) is 28.8 Å². The maximum atomic E-state index is 12.5. The van der Waals surface area contributed by atoms with Gasteiger partial charge in [-0.2, -0.15) is 0 Å². The third-order valence-corrected chi connectivity index (χ3v) is 4.68. The molecule has 4 N–H and O–H groups in total. The van der Waals surface area contributed by atoms with Crippen LogP contribution in [0.3, 0.4) is 0 Å². The summed E-state index contributed by atoms with van der Waals surface area (Å²) in [6.45, 7) is 0. The van der Waals surface area contributed by atoms with Crippen LogP contribution in [0.15, 0.2) is 60.7 Å². The average Bonchev–Trinajstić information content (AvgIpc) is 3.02. The summed E-state index contributed by atoms with van der Waals surface area (Å²) in [4.78, 5) is 20.9. The topological polar surface area (TPSA) is 141 Å². The van der Waals surface area contributed by atoms with E-state index in [-0.39, 0.29) is 11.5 Å². The van der Waals surface area contributed by atoms with Gasteiger partial charge in [0.2, 0.25) is 6.08 Å². The van der Waals surface area contributed by atoms with Gasteiger partial charge in [-0.3, -0.25) is 0 Å². The number of phenolic OH excluding ortho intramolecular Hbond substituents is 2. The lowest BCUT2D eigenvalue weighted by Crippen LogP contribution is -2.32. The number of hydrogen-bond donors (Lipinski definition) is 4. The van der Waals surface area contributed by atoms with Gasteiger partial charge >= 0.3 is 5.97 Å². The normalized spacial score (nSPS) is 13.2. The smallest absolute Gasteiger partial charge is 0.340 e. The molecule has 2 aliphatic rings. The largest absolute Gasteiger partial charge is 0.508 e. The molecule has 0 fully saturated rings. The van der Waals surface area contributed by atoms with Crippen molar-refractivity contribution in [2.75, 3.05) is 0 Å². The third kappa shape index (κ3) is 3.56. The van der Waals surface area contributed by atoms with Crippen molar-refractivity contribution >= 4 is 29.4 Å². The second kappa shape index (κ2) is 8.61. The van der Waals surface area contributed by atoms with Gasteiger partial charge in [0.1, 0.15) is 23.0 Å². The first-order chi connectivity index (χ1) is 14.9. The van der Waals surface area contributed by atoms with E-state index < -0.39 is 11.6 Å². The quantitative estimate of drug-likeness (QED) is 0.179. The third-order valence-electron chi connectivity index (χ3n) is 4.68.